The Morgan fingerprint density at radius 1 is 0.920 bits per heavy atom. The Kier molecular flexibility index (Phi) is 4.32. The molecule has 0 unspecified atom stereocenters. The standard InChI is InChI=1S/C20H23N3O2/c1-21-10-12-22(13-11-21)18-8-5-9-19-17(18)15-25-20(24)23(19)14-16-6-3-2-4-7-16/h2-9H,10-15H2,1H3. The highest BCUT2D eigenvalue weighted by Crippen LogP contribution is 2.35. The lowest BCUT2D eigenvalue weighted by Crippen LogP contribution is -2.45. The fraction of sp³-hybridized carbons (Fsp3) is 0.350. The molecule has 0 N–H and O–H groups in total. The average Bonchev–Trinajstić information content (AvgIpc) is 2.65. The van der Waals surface area contributed by atoms with Crippen molar-refractivity contribution in [3.63, 3.8) is 0 Å². The number of amides is 1. The summed E-state index contributed by atoms with van der Waals surface area (Å²) < 4.78 is 5.49. The molecule has 130 valence electrons. The molecule has 2 heterocycles. The number of hydrogen-bond acceptors (Lipinski definition) is 4. The number of benzene rings is 2. The van der Waals surface area contributed by atoms with Crippen molar-refractivity contribution in [3.8, 4) is 0 Å². The van der Waals surface area contributed by atoms with Crippen molar-refractivity contribution in [2.24, 2.45) is 0 Å². The molecule has 4 rings (SSSR count). The SMILES string of the molecule is CN1CCN(c2cccc3c2COC(=O)N3Cc2ccccc2)CC1. The molecule has 0 atom stereocenters. The molecule has 5 nitrogen and oxygen atoms in total. The molecule has 1 fully saturated rings. The van der Waals surface area contributed by atoms with Crippen LogP contribution in [0.5, 0.6) is 0 Å². The molecule has 0 spiro atoms. The Balaban J connectivity index is 1.65. The number of piperazine rings is 1. The Labute approximate surface area is 148 Å². The average molecular weight is 337 g/mol. The van der Waals surface area contributed by atoms with Crippen molar-refractivity contribution in [3.05, 3.63) is 59.7 Å². The monoisotopic (exact) mass is 337 g/mol. The van der Waals surface area contributed by atoms with Crippen molar-refractivity contribution in [1.29, 1.82) is 0 Å². The normalized spacial score (nSPS) is 18.0. The third-order valence-electron chi connectivity index (χ3n) is 5.01. The second-order valence-corrected chi connectivity index (χ2v) is 6.69. The third kappa shape index (κ3) is 3.20. The van der Waals surface area contributed by atoms with Crippen molar-refractivity contribution >= 4 is 17.5 Å². The van der Waals surface area contributed by atoms with Gasteiger partial charge in [-0.1, -0.05) is 36.4 Å². The van der Waals surface area contributed by atoms with Gasteiger partial charge in [0, 0.05) is 37.4 Å². The fourth-order valence-electron chi connectivity index (χ4n) is 3.53. The molecule has 0 aromatic heterocycles. The molecule has 25 heavy (non-hydrogen) atoms. The van der Waals surface area contributed by atoms with Crippen LogP contribution >= 0.6 is 0 Å². The summed E-state index contributed by atoms with van der Waals surface area (Å²) in [6.07, 6.45) is -0.271. The van der Waals surface area contributed by atoms with Gasteiger partial charge in [-0.3, -0.25) is 4.90 Å². The minimum atomic E-state index is -0.271. The quantitative estimate of drug-likeness (QED) is 0.862. The van der Waals surface area contributed by atoms with E-state index in [2.05, 4.69) is 22.9 Å². The van der Waals surface area contributed by atoms with Crippen LogP contribution in [-0.2, 0) is 17.9 Å². The molecule has 2 aliphatic rings. The molecule has 0 radical (unpaired) electrons. The summed E-state index contributed by atoms with van der Waals surface area (Å²) in [4.78, 5) is 18.9. The number of nitrogens with zero attached hydrogens (tertiary/aromatic N) is 3. The van der Waals surface area contributed by atoms with Gasteiger partial charge in [-0.15, -0.1) is 0 Å². The van der Waals surface area contributed by atoms with Crippen LogP contribution in [0.15, 0.2) is 48.5 Å². The first-order valence-electron chi connectivity index (χ1n) is 8.76. The topological polar surface area (TPSA) is 36.0 Å². The molecule has 0 bridgehead atoms. The van der Waals surface area contributed by atoms with Crippen LogP contribution in [-0.4, -0.2) is 44.2 Å². The van der Waals surface area contributed by atoms with E-state index in [1.165, 1.54) is 5.69 Å². The maximum Gasteiger partial charge on any atom is 0.414 e. The van der Waals surface area contributed by atoms with E-state index in [9.17, 15) is 4.79 Å². The zero-order valence-electron chi connectivity index (χ0n) is 14.5. The van der Waals surface area contributed by atoms with E-state index in [1.54, 1.807) is 4.90 Å². The van der Waals surface area contributed by atoms with Crippen LogP contribution in [0.25, 0.3) is 0 Å². The Hall–Kier alpha value is -2.53. The molecule has 2 aliphatic heterocycles. The van der Waals surface area contributed by atoms with Crippen LogP contribution in [0, 0.1) is 0 Å². The van der Waals surface area contributed by atoms with Gasteiger partial charge in [-0.05, 0) is 24.7 Å². The summed E-state index contributed by atoms with van der Waals surface area (Å²) in [5, 5.41) is 0. The maximum atomic E-state index is 12.4. The van der Waals surface area contributed by atoms with Gasteiger partial charge in [0.15, 0.2) is 0 Å². The van der Waals surface area contributed by atoms with Crippen molar-refractivity contribution in [2.45, 2.75) is 13.2 Å². The van der Waals surface area contributed by atoms with Crippen molar-refractivity contribution < 1.29 is 9.53 Å². The minimum absolute atomic E-state index is 0.271. The van der Waals surface area contributed by atoms with Crippen LogP contribution in [0.3, 0.4) is 0 Å². The summed E-state index contributed by atoms with van der Waals surface area (Å²) in [6, 6.07) is 16.2. The Bertz CT molecular complexity index is 755. The molecule has 2 aromatic rings. The minimum Gasteiger partial charge on any atom is -0.444 e. The number of carbonyl (C=O) groups is 1. The zero-order chi connectivity index (χ0) is 17.2. The number of cyclic esters (lactones) is 1. The number of hydrogen-bond donors (Lipinski definition) is 0. The predicted molar refractivity (Wildman–Crippen MR) is 99.0 cm³/mol. The third-order valence-corrected chi connectivity index (χ3v) is 5.01. The lowest BCUT2D eigenvalue weighted by Gasteiger charge is -2.37. The number of ether oxygens (including phenoxy) is 1. The number of fused-ring (bicyclic) bond motifs is 1. The van der Waals surface area contributed by atoms with Crippen LogP contribution in [0.2, 0.25) is 0 Å². The number of anilines is 2. The maximum absolute atomic E-state index is 12.4. The van der Waals surface area contributed by atoms with Crippen molar-refractivity contribution in [1.82, 2.24) is 4.90 Å². The first kappa shape index (κ1) is 16.0. The number of likely N-dealkylation sites (N-methyl/N-ethyl adjacent to an activating group) is 1. The number of rotatable bonds is 3. The zero-order valence-corrected chi connectivity index (χ0v) is 14.5. The first-order chi connectivity index (χ1) is 12.2. The molecular formula is C20H23N3O2. The highest BCUT2D eigenvalue weighted by atomic mass is 16.6. The van der Waals surface area contributed by atoms with Gasteiger partial charge in [-0.25, -0.2) is 4.79 Å². The van der Waals surface area contributed by atoms with Crippen LogP contribution < -0.4 is 9.80 Å². The van der Waals surface area contributed by atoms with Gasteiger partial charge < -0.3 is 14.5 Å². The second kappa shape index (κ2) is 6.76. The van der Waals surface area contributed by atoms with Gasteiger partial charge in [0.1, 0.15) is 6.61 Å². The molecule has 1 saturated heterocycles. The lowest BCUT2D eigenvalue weighted by atomic mass is 10.1. The molecule has 2 aromatic carbocycles. The lowest BCUT2D eigenvalue weighted by molar-refractivity contribution is 0.141. The highest BCUT2D eigenvalue weighted by Gasteiger charge is 2.29. The largest absolute Gasteiger partial charge is 0.444 e. The van der Waals surface area contributed by atoms with Crippen molar-refractivity contribution in [2.75, 3.05) is 43.0 Å². The summed E-state index contributed by atoms with van der Waals surface area (Å²) in [7, 11) is 2.15. The van der Waals surface area contributed by atoms with E-state index < -0.39 is 0 Å². The first-order valence-corrected chi connectivity index (χ1v) is 8.76. The molecule has 1 amide bonds. The summed E-state index contributed by atoms with van der Waals surface area (Å²) in [5.74, 6) is 0. The molecule has 5 heteroatoms. The molecular weight excluding hydrogens is 314 g/mol. The second-order valence-electron chi connectivity index (χ2n) is 6.69. The summed E-state index contributed by atoms with van der Waals surface area (Å²) >= 11 is 0. The van der Waals surface area contributed by atoms with Gasteiger partial charge >= 0.3 is 6.09 Å². The van der Waals surface area contributed by atoms with E-state index in [4.69, 9.17) is 4.74 Å². The summed E-state index contributed by atoms with van der Waals surface area (Å²) in [5.41, 5.74) is 4.37. The van der Waals surface area contributed by atoms with E-state index in [0.717, 1.165) is 43.0 Å². The van der Waals surface area contributed by atoms with Gasteiger partial charge in [0.05, 0.1) is 12.2 Å². The van der Waals surface area contributed by atoms with E-state index in [0.29, 0.717) is 13.2 Å². The number of carbonyl (C=O) groups excluding carboxylic acids is 1. The van der Waals surface area contributed by atoms with Gasteiger partial charge in [0.25, 0.3) is 0 Å². The molecule has 0 saturated carbocycles. The molecule has 0 aliphatic carbocycles. The predicted octanol–water partition coefficient (Wildman–Crippen LogP) is 3.10. The Morgan fingerprint density at radius 2 is 1.64 bits per heavy atom. The smallest absolute Gasteiger partial charge is 0.414 e. The van der Waals surface area contributed by atoms with Gasteiger partial charge in [-0.2, -0.15) is 0 Å². The van der Waals surface area contributed by atoms with Crippen LogP contribution in [0.1, 0.15) is 11.1 Å². The Morgan fingerprint density at radius 3 is 2.40 bits per heavy atom. The summed E-state index contributed by atoms with van der Waals surface area (Å²) in [6.45, 7) is 4.98. The van der Waals surface area contributed by atoms with E-state index in [-0.39, 0.29) is 6.09 Å². The van der Waals surface area contributed by atoms with Crippen LogP contribution in [0.4, 0.5) is 16.2 Å². The van der Waals surface area contributed by atoms with E-state index in [1.807, 2.05) is 42.5 Å². The highest BCUT2D eigenvalue weighted by molar-refractivity contribution is 5.92. The fourth-order valence-corrected chi connectivity index (χ4v) is 3.53. The van der Waals surface area contributed by atoms with E-state index >= 15 is 0 Å². The van der Waals surface area contributed by atoms with Gasteiger partial charge in [0.2, 0.25) is 0 Å².